The summed E-state index contributed by atoms with van der Waals surface area (Å²) >= 11 is 0. The Morgan fingerprint density at radius 1 is 0.971 bits per heavy atom. The first-order valence-corrected chi connectivity index (χ1v) is 10.6. The van der Waals surface area contributed by atoms with Gasteiger partial charge < -0.3 is 5.32 Å². The number of carbonyl (C=O) groups is 1. The van der Waals surface area contributed by atoms with Gasteiger partial charge in [-0.1, -0.05) is 54.6 Å². The number of amides is 1. The molecule has 0 spiro atoms. The average molecular weight is 460 g/mol. The Balaban J connectivity index is 1.70. The van der Waals surface area contributed by atoms with Crippen molar-refractivity contribution >= 4 is 28.0 Å². The molecule has 0 saturated heterocycles. The van der Waals surface area contributed by atoms with E-state index in [0.717, 1.165) is 34.2 Å². The smallest absolute Gasteiger partial charge is 0.322 e. The van der Waals surface area contributed by atoms with Crippen LogP contribution >= 0.6 is 0 Å². The van der Waals surface area contributed by atoms with Crippen molar-refractivity contribution in [2.24, 2.45) is 0 Å². The summed E-state index contributed by atoms with van der Waals surface area (Å²) in [6.07, 6.45) is -3.58. The maximum Gasteiger partial charge on any atom is 0.433 e. The SMILES string of the molecule is Cc1cccc(NC(=O)c2cnn3c(C(F)(F)F)cc(-c4cccc5ccccc45)nc23)c1C. The Morgan fingerprint density at radius 3 is 2.50 bits per heavy atom. The summed E-state index contributed by atoms with van der Waals surface area (Å²) in [5, 5.41) is 8.27. The van der Waals surface area contributed by atoms with Crippen LogP contribution in [0.5, 0.6) is 0 Å². The quantitative estimate of drug-likeness (QED) is 0.337. The van der Waals surface area contributed by atoms with Crippen LogP contribution in [0.3, 0.4) is 0 Å². The number of nitrogens with one attached hydrogen (secondary N) is 1. The van der Waals surface area contributed by atoms with E-state index >= 15 is 0 Å². The fraction of sp³-hybridized carbons (Fsp3) is 0.115. The highest BCUT2D eigenvalue weighted by atomic mass is 19.4. The minimum absolute atomic E-state index is 0.0477. The molecule has 5 aromatic rings. The van der Waals surface area contributed by atoms with Crippen molar-refractivity contribution in [3.05, 3.63) is 95.3 Å². The number of anilines is 1. The average Bonchev–Trinajstić information content (AvgIpc) is 3.24. The lowest BCUT2D eigenvalue weighted by molar-refractivity contribution is -0.142. The molecule has 0 atom stereocenters. The maximum atomic E-state index is 14.0. The highest BCUT2D eigenvalue weighted by Gasteiger charge is 2.36. The van der Waals surface area contributed by atoms with Gasteiger partial charge in [0, 0.05) is 11.3 Å². The fourth-order valence-electron chi connectivity index (χ4n) is 3.99. The number of nitrogens with zero attached hydrogens (tertiary/aromatic N) is 3. The van der Waals surface area contributed by atoms with Crippen molar-refractivity contribution in [3.63, 3.8) is 0 Å². The second-order valence-corrected chi connectivity index (χ2v) is 8.05. The fourth-order valence-corrected chi connectivity index (χ4v) is 3.99. The van der Waals surface area contributed by atoms with Crippen LogP contribution in [-0.4, -0.2) is 20.5 Å². The number of rotatable bonds is 3. The number of aryl methyl sites for hydroxylation is 1. The zero-order valence-electron chi connectivity index (χ0n) is 18.3. The lowest BCUT2D eigenvalue weighted by Gasteiger charge is -2.13. The Hall–Kier alpha value is -4.20. The van der Waals surface area contributed by atoms with Crippen molar-refractivity contribution in [3.8, 4) is 11.3 Å². The number of alkyl halides is 3. The molecule has 34 heavy (non-hydrogen) atoms. The number of halogens is 3. The van der Waals surface area contributed by atoms with E-state index in [1.807, 2.05) is 50.2 Å². The first-order valence-electron chi connectivity index (χ1n) is 10.6. The summed E-state index contributed by atoms with van der Waals surface area (Å²) in [5.41, 5.74) is 1.85. The largest absolute Gasteiger partial charge is 0.433 e. The van der Waals surface area contributed by atoms with Gasteiger partial charge in [-0.3, -0.25) is 4.79 Å². The molecule has 0 aliphatic carbocycles. The van der Waals surface area contributed by atoms with E-state index in [9.17, 15) is 18.0 Å². The van der Waals surface area contributed by atoms with E-state index in [0.29, 0.717) is 15.8 Å². The highest BCUT2D eigenvalue weighted by Crippen LogP contribution is 2.35. The van der Waals surface area contributed by atoms with Crippen LogP contribution in [-0.2, 0) is 6.18 Å². The monoisotopic (exact) mass is 460 g/mol. The predicted molar refractivity (Wildman–Crippen MR) is 125 cm³/mol. The highest BCUT2D eigenvalue weighted by molar-refractivity contribution is 6.08. The summed E-state index contributed by atoms with van der Waals surface area (Å²) < 4.78 is 42.7. The molecule has 1 N–H and O–H groups in total. The molecule has 170 valence electrons. The van der Waals surface area contributed by atoms with E-state index < -0.39 is 17.8 Å². The molecule has 8 heteroatoms. The lowest BCUT2D eigenvalue weighted by atomic mass is 10.0. The van der Waals surface area contributed by atoms with Gasteiger partial charge in [-0.2, -0.15) is 18.3 Å². The van der Waals surface area contributed by atoms with Crippen LogP contribution in [0, 0.1) is 13.8 Å². The zero-order valence-corrected chi connectivity index (χ0v) is 18.3. The van der Waals surface area contributed by atoms with Crippen LogP contribution in [0.15, 0.2) is 72.9 Å². The summed E-state index contributed by atoms with van der Waals surface area (Å²) in [6.45, 7) is 3.77. The molecule has 1 amide bonds. The molecule has 0 bridgehead atoms. The summed E-state index contributed by atoms with van der Waals surface area (Å²) in [5.74, 6) is -0.584. The number of benzene rings is 3. The minimum atomic E-state index is -4.70. The normalized spacial score (nSPS) is 11.8. The van der Waals surface area contributed by atoms with Gasteiger partial charge in [0.15, 0.2) is 11.3 Å². The Morgan fingerprint density at radius 2 is 1.71 bits per heavy atom. The Labute approximate surface area is 192 Å². The van der Waals surface area contributed by atoms with Crippen LogP contribution in [0.1, 0.15) is 27.2 Å². The second-order valence-electron chi connectivity index (χ2n) is 8.05. The third-order valence-corrected chi connectivity index (χ3v) is 5.93. The number of hydrogen-bond donors (Lipinski definition) is 1. The summed E-state index contributed by atoms with van der Waals surface area (Å²) in [7, 11) is 0. The zero-order chi connectivity index (χ0) is 24.0. The third-order valence-electron chi connectivity index (χ3n) is 5.93. The van der Waals surface area contributed by atoms with Crippen molar-refractivity contribution in [1.82, 2.24) is 14.6 Å². The molecular weight excluding hydrogens is 441 g/mol. The number of carbonyl (C=O) groups excluding carboxylic acids is 1. The standard InChI is InChI=1S/C26H19F3N4O/c1-15-7-5-12-21(16(15)2)32-25(34)20-14-30-33-23(26(27,28)29)13-22(31-24(20)33)19-11-6-9-17-8-3-4-10-18(17)19/h3-14H,1-2H3,(H,32,34). The summed E-state index contributed by atoms with van der Waals surface area (Å²) in [6, 6.07) is 19.2. The molecule has 0 unspecified atom stereocenters. The van der Waals surface area contributed by atoms with Gasteiger partial charge in [-0.15, -0.1) is 0 Å². The maximum absolute atomic E-state index is 14.0. The predicted octanol–water partition coefficient (Wildman–Crippen LogP) is 6.44. The van der Waals surface area contributed by atoms with Gasteiger partial charge in [0.05, 0.1) is 11.9 Å². The van der Waals surface area contributed by atoms with E-state index in [-0.39, 0.29) is 16.9 Å². The van der Waals surface area contributed by atoms with Gasteiger partial charge in [0.2, 0.25) is 0 Å². The topological polar surface area (TPSA) is 59.3 Å². The van der Waals surface area contributed by atoms with Crippen LogP contribution in [0.4, 0.5) is 18.9 Å². The first-order chi connectivity index (χ1) is 16.2. The van der Waals surface area contributed by atoms with Gasteiger partial charge in [-0.05, 0) is 47.9 Å². The van der Waals surface area contributed by atoms with Crippen LogP contribution in [0.25, 0.3) is 27.7 Å². The molecule has 3 aromatic carbocycles. The molecule has 5 nitrogen and oxygen atoms in total. The molecule has 0 radical (unpaired) electrons. The molecule has 0 aliphatic rings. The number of fused-ring (bicyclic) bond motifs is 2. The molecule has 0 aliphatic heterocycles. The van der Waals surface area contributed by atoms with Gasteiger partial charge in [-0.25, -0.2) is 9.50 Å². The van der Waals surface area contributed by atoms with Gasteiger partial charge >= 0.3 is 6.18 Å². The molecule has 2 heterocycles. The van der Waals surface area contributed by atoms with Gasteiger partial charge in [0.1, 0.15) is 5.56 Å². The van der Waals surface area contributed by atoms with Crippen molar-refractivity contribution < 1.29 is 18.0 Å². The second kappa shape index (κ2) is 7.98. The first kappa shape index (κ1) is 21.6. The van der Waals surface area contributed by atoms with Crippen molar-refractivity contribution in [2.45, 2.75) is 20.0 Å². The molecular formula is C26H19F3N4O. The Bertz CT molecular complexity index is 1560. The third kappa shape index (κ3) is 3.67. The van der Waals surface area contributed by atoms with E-state index in [4.69, 9.17) is 0 Å². The molecule has 0 fully saturated rings. The molecule has 5 rings (SSSR count). The van der Waals surface area contributed by atoms with Crippen molar-refractivity contribution in [2.75, 3.05) is 5.32 Å². The van der Waals surface area contributed by atoms with E-state index in [2.05, 4.69) is 15.4 Å². The number of hydrogen-bond acceptors (Lipinski definition) is 3. The minimum Gasteiger partial charge on any atom is -0.322 e. The number of aromatic nitrogens is 3. The Kier molecular flexibility index (Phi) is 5.08. The van der Waals surface area contributed by atoms with Crippen molar-refractivity contribution in [1.29, 1.82) is 0 Å². The lowest BCUT2D eigenvalue weighted by Crippen LogP contribution is -2.16. The molecule has 2 aromatic heterocycles. The van der Waals surface area contributed by atoms with Crippen LogP contribution in [0.2, 0.25) is 0 Å². The molecule has 0 saturated carbocycles. The van der Waals surface area contributed by atoms with Gasteiger partial charge in [0.25, 0.3) is 5.91 Å². The summed E-state index contributed by atoms with van der Waals surface area (Å²) in [4.78, 5) is 17.6. The van der Waals surface area contributed by atoms with E-state index in [1.54, 1.807) is 24.3 Å². The van der Waals surface area contributed by atoms with Crippen LogP contribution < -0.4 is 5.32 Å². The van der Waals surface area contributed by atoms with E-state index in [1.165, 1.54) is 0 Å².